The lowest BCUT2D eigenvalue weighted by Crippen LogP contribution is -2.12. The molecular formula is C14H24Cl2O6. The molecule has 0 bridgehead atoms. The molecular weight excluding hydrogens is 335 g/mol. The fourth-order valence-corrected chi connectivity index (χ4v) is 2.36. The number of rotatable bonds is 13. The quantitative estimate of drug-likeness (QED) is 0.281. The third-order valence-corrected chi connectivity index (χ3v) is 3.75. The third-order valence-electron chi connectivity index (χ3n) is 3.06. The molecule has 0 fully saturated rings. The van der Waals surface area contributed by atoms with Gasteiger partial charge in [-0.3, -0.25) is 0 Å². The Labute approximate surface area is 140 Å². The SMILES string of the molecule is O=C(O)OCC(Cl)CCCCCCCCC(Cl)COC(=O)O. The number of carbonyl (C=O) groups is 2. The first kappa shape index (κ1) is 21.1. The van der Waals surface area contributed by atoms with E-state index in [1.807, 2.05) is 0 Å². The number of halogens is 2. The molecule has 0 aliphatic carbocycles. The second kappa shape index (κ2) is 13.8. The highest BCUT2D eigenvalue weighted by atomic mass is 35.5. The molecule has 0 spiro atoms. The van der Waals surface area contributed by atoms with Gasteiger partial charge in [-0.05, 0) is 12.8 Å². The van der Waals surface area contributed by atoms with Crippen LogP contribution in [0.25, 0.3) is 0 Å². The first-order valence-electron chi connectivity index (χ1n) is 7.41. The predicted octanol–water partition coefficient (Wildman–Crippen LogP) is 4.71. The van der Waals surface area contributed by atoms with Crippen LogP contribution in [-0.4, -0.2) is 46.5 Å². The third kappa shape index (κ3) is 15.5. The molecule has 22 heavy (non-hydrogen) atoms. The summed E-state index contributed by atoms with van der Waals surface area (Å²) in [6, 6.07) is 0. The molecule has 2 unspecified atom stereocenters. The highest BCUT2D eigenvalue weighted by Crippen LogP contribution is 2.14. The van der Waals surface area contributed by atoms with Crippen molar-refractivity contribution in [2.45, 2.75) is 62.1 Å². The summed E-state index contributed by atoms with van der Waals surface area (Å²) in [5, 5.41) is 16.1. The van der Waals surface area contributed by atoms with Gasteiger partial charge >= 0.3 is 12.3 Å². The van der Waals surface area contributed by atoms with Crippen LogP contribution in [0.1, 0.15) is 51.4 Å². The van der Waals surface area contributed by atoms with Crippen LogP contribution in [0.4, 0.5) is 9.59 Å². The van der Waals surface area contributed by atoms with Gasteiger partial charge in [0.25, 0.3) is 0 Å². The molecule has 0 amide bonds. The van der Waals surface area contributed by atoms with E-state index < -0.39 is 12.3 Å². The fraction of sp³-hybridized carbons (Fsp3) is 0.857. The lowest BCUT2D eigenvalue weighted by atomic mass is 10.1. The first-order chi connectivity index (χ1) is 10.4. The summed E-state index contributed by atoms with van der Waals surface area (Å²) in [5.41, 5.74) is 0. The molecule has 0 aliphatic heterocycles. The second-order valence-corrected chi connectivity index (χ2v) is 6.28. The smallest absolute Gasteiger partial charge is 0.450 e. The molecule has 0 saturated heterocycles. The van der Waals surface area contributed by atoms with Crippen molar-refractivity contribution in [2.75, 3.05) is 13.2 Å². The maximum Gasteiger partial charge on any atom is 0.505 e. The van der Waals surface area contributed by atoms with Gasteiger partial charge in [-0.2, -0.15) is 0 Å². The average molecular weight is 359 g/mol. The number of hydrogen-bond donors (Lipinski definition) is 2. The van der Waals surface area contributed by atoms with E-state index in [9.17, 15) is 9.59 Å². The Hall–Kier alpha value is -0.880. The molecule has 8 heteroatoms. The molecule has 0 aliphatic rings. The van der Waals surface area contributed by atoms with Crippen molar-refractivity contribution in [3.63, 3.8) is 0 Å². The summed E-state index contributed by atoms with van der Waals surface area (Å²) in [6.07, 6.45) is 5.05. The Balaban J connectivity index is 3.29. The Kier molecular flexibility index (Phi) is 13.2. The van der Waals surface area contributed by atoms with Crippen molar-refractivity contribution in [3.05, 3.63) is 0 Å². The number of alkyl halides is 2. The van der Waals surface area contributed by atoms with E-state index in [2.05, 4.69) is 9.47 Å². The van der Waals surface area contributed by atoms with Gasteiger partial charge in [-0.25, -0.2) is 9.59 Å². The highest BCUT2D eigenvalue weighted by molar-refractivity contribution is 6.21. The highest BCUT2D eigenvalue weighted by Gasteiger charge is 2.08. The van der Waals surface area contributed by atoms with Crippen molar-refractivity contribution >= 4 is 35.5 Å². The zero-order valence-corrected chi connectivity index (χ0v) is 14.0. The van der Waals surface area contributed by atoms with Gasteiger partial charge in [0.05, 0.1) is 10.8 Å². The number of hydrogen-bond acceptors (Lipinski definition) is 4. The maximum atomic E-state index is 10.2. The minimum atomic E-state index is -1.29. The van der Waals surface area contributed by atoms with E-state index in [-0.39, 0.29) is 24.0 Å². The van der Waals surface area contributed by atoms with Crippen LogP contribution >= 0.6 is 23.2 Å². The lowest BCUT2D eigenvalue weighted by molar-refractivity contribution is 0.0895. The summed E-state index contributed by atoms with van der Waals surface area (Å²) in [6.45, 7) is 0.0683. The van der Waals surface area contributed by atoms with Crippen LogP contribution < -0.4 is 0 Å². The lowest BCUT2D eigenvalue weighted by Gasteiger charge is -2.09. The normalized spacial score (nSPS) is 13.4. The van der Waals surface area contributed by atoms with Crippen LogP contribution in [0.15, 0.2) is 0 Å². The fourth-order valence-electron chi connectivity index (χ4n) is 1.93. The average Bonchev–Trinajstić information content (AvgIpc) is 2.45. The number of carboxylic acid groups (broad SMARTS) is 2. The van der Waals surface area contributed by atoms with E-state index in [1.54, 1.807) is 0 Å². The molecule has 130 valence electrons. The monoisotopic (exact) mass is 358 g/mol. The molecule has 0 aromatic rings. The van der Waals surface area contributed by atoms with Gasteiger partial charge in [0, 0.05) is 0 Å². The Morgan fingerprint density at radius 1 is 0.727 bits per heavy atom. The van der Waals surface area contributed by atoms with Crippen molar-refractivity contribution in [1.29, 1.82) is 0 Å². The molecule has 0 rings (SSSR count). The van der Waals surface area contributed by atoms with Crippen LogP contribution in [0.3, 0.4) is 0 Å². The molecule has 2 atom stereocenters. The Morgan fingerprint density at radius 3 is 1.36 bits per heavy atom. The second-order valence-electron chi connectivity index (χ2n) is 5.05. The van der Waals surface area contributed by atoms with Crippen molar-refractivity contribution in [2.24, 2.45) is 0 Å². The summed E-state index contributed by atoms with van der Waals surface area (Å²) >= 11 is 11.8. The molecule has 0 heterocycles. The molecule has 0 saturated carbocycles. The van der Waals surface area contributed by atoms with Gasteiger partial charge in [-0.1, -0.05) is 38.5 Å². The minimum absolute atomic E-state index is 0.0341. The summed E-state index contributed by atoms with van der Waals surface area (Å²) in [4.78, 5) is 20.4. The largest absolute Gasteiger partial charge is 0.505 e. The van der Waals surface area contributed by atoms with Crippen molar-refractivity contribution in [3.8, 4) is 0 Å². The standard InChI is InChI=1S/C14H24Cl2O6/c15-11(9-21-13(17)18)7-5-3-1-2-4-6-8-12(16)10-22-14(19)20/h11-12H,1-10H2,(H,17,18)(H,19,20). The van der Waals surface area contributed by atoms with E-state index >= 15 is 0 Å². The molecule has 6 nitrogen and oxygen atoms in total. The predicted molar refractivity (Wildman–Crippen MR) is 84.2 cm³/mol. The van der Waals surface area contributed by atoms with Gasteiger partial charge in [-0.15, -0.1) is 23.2 Å². The van der Waals surface area contributed by atoms with E-state index in [0.29, 0.717) is 0 Å². The van der Waals surface area contributed by atoms with Crippen LogP contribution in [0, 0.1) is 0 Å². The van der Waals surface area contributed by atoms with E-state index in [4.69, 9.17) is 33.4 Å². The summed E-state index contributed by atoms with van der Waals surface area (Å²) in [5.74, 6) is 0. The molecule has 0 radical (unpaired) electrons. The minimum Gasteiger partial charge on any atom is -0.450 e. The Bertz CT molecular complexity index is 284. The van der Waals surface area contributed by atoms with Crippen LogP contribution in [0.2, 0.25) is 0 Å². The van der Waals surface area contributed by atoms with Gasteiger partial charge in [0.15, 0.2) is 0 Å². The molecule has 0 aromatic carbocycles. The Morgan fingerprint density at radius 2 is 1.05 bits per heavy atom. The maximum absolute atomic E-state index is 10.2. The van der Waals surface area contributed by atoms with Crippen LogP contribution in [-0.2, 0) is 9.47 Å². The van der Waals surface area contributed by atoms with Gasteiger partial charge < -0.3 is 19.7 Å². The topological polar surface area (TPSA) is 93.1 Å². The zero-order chi connectivity index (χ0) is 16.8. The molecule has 0 aromatic heterocycles. The van der Waals surface area contributed by atoms with E-state index in [1.165, 1.54) is 0 Å². The van der Waals surface area contributed by atoms with Gasteiger partial charge in [0.1, 0.15) is 13.2 Å². The first-order valence-corrected chi connectivity index (χ1v) is 8.28. The van der Waals surface area contributed by atoms with E-state index in [0.717, 1.165) is 51.4 Å². The molecule has 2 N–H and O–H groups in total. The summed E-state index contributed by atoms with van der Waals surface area (Å²) < 4.78 is 8.79. The number of unbranched alkanes of at least 4 members (excludes halogenated alkanes) is 5. The van der Waals surface area contributed by atoms with Gasteiger partial charge in [0.2, 0.25) is 0 Å². The van der Waals surface area contributed by atoms with Crippen molar-refractivity contribution < 1.29 is 29.3 Å². The number of ether oxygens (including phenoxy) is 2. The van der Waals surface area contributed by atoms with Crippen LogP contribution in [0.5, 0.6) is 0 Å². The summed E-state index contributed by atoms with van der Waals surface area (Å²) in [7, 11) is 0. The van der Waals surface area contributed by atoms with Crippen molar-refractivity contribution in [1.82, 2.24) is 0 Å². The zero-order valence-electron chi connectivity index (χ0n) is 12.5.